The minimum absolute atomic E-state index is 0.0195. The highest BCUT2D eigenvalue weighted by molar-refractivity contribution is 7.14. The fourth-order valence-corrected chi connectivity index (χ4v) is 4.16. The number of hydrogen-bond acceptors (Lipinski definition) is 3. The van der Waals surface area contributed by atoms with Crippen LogP contribution in [0.2, 0.25) is 0 Å². The Labute approximate surface area is 122 Å². The van der Waals surface area contributed by atoms with Crippen LogP contribution >= 0.6 is 22.9 Å². The van der Waals surface area contributed by atoms with Crippen molar-refractivity contribution in [3.05, 3.63) is 21.4 Å². The molecule has 1 fully saturated rings. The van der Waals surface area contributed by atoms with E-state index in [4.69, 9.17) is 16.3 Å². The molecule has 0 bridgehead atoms. The predicted molar refractivity (Wildman–Crippen MR) is 77.3 cm³/mol. The highest BCUT2D eigenvalue weighted by Crippen LogP contribution is 2.30. The summed E-state index contributed by atoms with van der Waals surface area (Å²) in [5, 5.41) is 0. The number of carbonyl (C=O) groups excluding carboxylic acids is 1. The molecule has 1 aliphatic carbocycles. The van der Waals surface area contributed by atoms with Crippen molar-refractivity contribution in [2.24, 2.45) is 0 Å². The molecule has 1 atom stereocenters. The van der Waals surface area contributed by atoms with E-state index in [2.05, 4.69) is 6.07 Å². The van der Waals surface area contributed by atoms with Crippen LogP contribution in [0.5, 0.6) is 0 Å². The number of nitrogens with zero attached hydrogens (tertiary/aromatic N) is 1. The first-order valence-corrected chi connectivity index (χ1v) is 8.21. The van der Waals surface area contributed by atoms with Gasteiger partial charge < -0.3 is 9.64 Å². The van der Waals surface area contributed by atoms with E-state index in [0.717, 1.165) is 17.7 Å². The number of fused-ring (bicyclic) bond motifs is 1. The fourth-order valence-electron chi connectivity index (χ4n) is 2.75. The number of halogens is 1. The first kappa shape index (κ1) is 13.4. The Balaban J connectivity index is 1.74. The van der Waals surface area contributed by atoms with Crippen LogP contribution in [0.4, 0.5) is 0 Å². The van der Waals surface area contributed by atoms with E-state index < -0.39 is 0 Å². The molecule has 2 aliphatic rings. The van der Waals surface area contributed by atoms with Gasteiger partial charge in [0.05, 0.1) is 23.5 Å². The van der Waals surface area contributed by atoms with E-state index in [-0.39, 0.29) is 12.0 Å². The molecule has 1 aromatic rings. The lowest BCUT2D eigenvalue weighted by molar-refractivity contribution is -0.0106. The van der Waals surface area contributed by atoms with Crippen LogP contribution in [0.1, 0.15) is 33.0 Å². The Morgan fingerprint density at radius 3 is 3.11 bits per heavy atom. The molecule has 1 unspecified atom stereocenters. The van der Waals surface area contributed by atoms with Gasteiger partial charge in [-0.1, -0.05) is 0 Å². The molecule has 5 heteroatoms. The van der Waals surface area contributed by atoms with Crippen LogP contribution in [-0.2, 0) is 17.6 Å². The number of alkyl halides is 1. The number of hydrogen-bond donors (Lipinski definition) is 0. The Hall–Kier alpha value is -0.580. The van der Waals surface area contributed by atoms with E-state index in [9.17, 15) is 4.79 Å². The third-order valence-corrected chi connectivity index (χ3v) is 5.37. The highest BCUT2D eigenvalue weighted by atomic mass is 35.5. The highest BCUT2D eigenvalue weighted by Gasteiger charge is 2.26. The van der Waals surface area contributed by atoms with Gasteiger partial charge >= 0.3 is 0 Å². The average Bonchev–Trinajstić information content (AvgIpc) is 2.90. The van der Waals surface area contributed by atoms with Crippen LogP contribution in [0.3, 0.4) is 0 Å². The van der Waals surface area contributed by atoms with Crippen molar-refractivity contribution < 1.29 is 9.53 Å². The number of amides is 1. The monoisotopic (exact) mass is 299 g/mol. The second-order valence-electron chi connectivity index (χ2n) is 5.16. The lowest BCUT2D eigenvalue weighted by Gasteiger charge is -2.31. The van der Waals surface area contributed by atoms with Crippen molar-refractivity contribution in [1.29, 1.82) is 0 Å². The molecular weight excluding hydrogens is 282 g/mol. The summed E-state index contributed by atoms with van der Waals surface area (Å²) in [7, 11) is 0. The van der Waals surface area contributed by atoms with Crippen molar-refractivity contribution in [1.82, 2.24) is 4.90 Å². The van der Waals surface area contributed by atoms with Crippen molar-refractivity contribution in [3.63, 3.8) is 0 Å². The molecule has 0 spiro atoms. The summed E-state index contributed by atoms with van der Waals surface area (Å²) >= 11 is 7.50. The van der Waals surface area contributed by atoms with Crippen LogP contribution < -0.4 is 0 Å². The van der Waals surface area contributed by atoms with E-state index in [1.807, 2.05) is 4.90 Å². The van der Waals surface area contributed by atoms with Gasteiger partial charge in [-0.15, -0.1) is 22.9 Å². The minimum Gasteiger partial charge on any atom is -0.373 e. The first-order chi connectivity index (χ1) is 9.28. The fraction of sp³-hybridized carbons (Fsp3) is 0.643. The quantitative estimate of drug-likeness (QED) is 0.786. The van der Waals surface area contributed by atoms with Crippen molar-refractivity contribution >= 4 is 28.8 Å². The van der Waals surface area contributed by atoms with Gasteiger partial charge in [0.2, 0.25) is 0 Å². The van der Waals surface area contributed by atoms with Gasteiger partial charge in [0, 0.05) is 18.0 Å². The number of ether oxygens (including phenoxy) is 1. The Kier molecular flexibility index (Phi) is 4.10. The van der Waals surface area contributed by atoms with Gasteiger partial charge in [0.15, 0.2) is 0 Å². The van der Waals surface area contributed by atoms with Crippen LogP contribution in [0, 0.1) is 0 Å². The number of carbonyl (C=O) groups is 1. The third-order valence-electron chi connectivity index (χ3n) is 3.81. The molecule has 0 saturated carbocycles. The summed E-state index contributed by atoms with van der Waals surface area (Å²) in [6.07, 6.45) is 4.76. The number of morpholine rings is 1. The van der Waals surface area contributed by atoms with E-state index in [0.29, 0.717) is 25.6 Å². The Morgan fingerprint density at radius 2 is 2.32 bits per heavy atom. The maximum absolute atomic E-state index is 12.5. The molecule has 19 heavy (non-hydrogen) atoms. The molecule has 104 valence electrons. The van der Waals surface area contributed by atoms with Gasteiger partial charge in [-0.25, -0.2) is 0 Å². The number of aryl methyl sites for hydroxylation is 2. The van der Waals surface area contributed by atoms with E-state index >= 15 is 0 Å². The van der Waals surface area contributed by atoms with Gasteiger partial charge in [-0.05, 0) is 37.3 Å². The lowest BCUT2D eigenvalue weighted by atomic mass is 9.99. The summed E-state index contributed by atoms with van der Waals surface area (Å²) in [4.78, 5) is 16.7. The molecule has 1 saturated heterocycles. The largest absolute Gasteiger partial charge is 0.373 e. The average molecular weight is 300 g/mol. The van der Waals surface area contributed by atoms with Gasteiger partial charge in [-0.2, -0.15) is 0 Å². The second kappa shape index (κ2) is 5.81. The molecule has 0 radical (unpaired) electrons. The van der Waals surface area contributed by atoms with Crippen LogP contribution in [0.25, 0.3) is 0 Å². The summed E-state index contributed by atoms with van der Waals surface area (Å²) < 4.78 is 5.50. The van der Waals surface area contributed by atoms with Gasteiger partial charge in [-0.3, -0.25) is 4.79 Å². The van der Waals surface area contributed by atoms with E-state index in [1.54, 1.807) is 11.3 Å². The lowest BCUT2D eigenvalue weighted by Crippen LogP contribution is -2.46. The molecule has 1 aliphatic heterocycles. The zero-order valence-corrected chi connectivity index (χ0v) is 12.4. The van der Waals surface area contributed by atoms with E-state index in [1.165, 1.54) is 23.3 Å². The molecule has 0 N–H and O–H groups in total. The molecule has 3 nitrogen and oxygen atoms in total. The normalized spacial score (nSPS) is 23.2. The Bertz CT molecular complexity index is 451. The Morgan fingerprint density at radius 1 is 1.47 bits per heavy atom. The summed E-state index contributed by atoms with van der Waals surface area (Å²) in [6.45, 7) is 1.88. The predicted octanol–water partition coefficient (Wildman–Crippen LogP) is 2.71. The minimum atomic E-state index is -0.0195. The van der Waals surface area contributed by atoms with Gasteiger partial charge in [0.25, 0.3) is 5.91 Å². The summed E-state index contributed by atoms with van der Waals surface area (Å²) in [6, 6.07) is 2.10. The second-order valence-corrected chi connectivity index (χ2v) is 6.61. The summed E-state index contributed by atoms with van der Waals surface area (Å²) in [5.41, 5.74) is 1.39. The van der Waals surface area contributed by atoms with Gasteiger partial charge in [0.1, 0.15) is 0 Å². The molecular formula is C14H18ClNO2S. The van der Waals surface area contributed by atoms with Crippen molar-refractivity contribution in [3.8, 4) is 0 Å². The van der Waals surface area contributed by atoms with Crippen molar-refractivity contribution in [2.45, 2.75) is 31.8 Å². The molecule has 1 aromatic heterocycles. The zero-order valence-electron chi connectivity index (χ0n) is 10.9. The smallest absolute Gasteiger partial charge is 0.264 e. The molecule has 1 amide bonds. The maximum atomic E-state index is 12.5. The molecule has 0 aromatic carbocycles. The first-order valence-electron chi connectivity index (χ1n) is 6.86. The zero-order chi connectivity index (χ0) is 13.2. The van der Waals surface area contributed by atoms with Crippen LogP contribution in [0.15, 0.2) is 6.07 Å². The summed E-state index contributed by atoms with van der Waals surface area (Å²) in [5.74, 6) is 0.600. The maximum Gasteiger partial charge on any atom is 0.264 e. The third kappa shape index (κ3) is 2.81. The van der Waals surface area contributed by atoms with Crippen molar-refractivity contribution in [2.75, 3.05) is 25.6 Å². The standard InChI is InChI=1S/C14H18ClNO2S/c15-8-11-9-16(5-6-18-11)14(17)13-7-10-3-1-2-4-12(10)19-13/h7,11H,1-6,8-9H2. The molecule has 2 heterocycles. The topological polar surface area (TPSA) is 29.5 Å². The number of rotatable bonds is 2. The van der Waals surface area contributed by atoms with Crippen LogP contribution in [-0.4, -0.2) is 42.5 Å². The molecule has 3 rings (SSSR count). The number of thiophene rings is 1. The SMILES string of the molecule is O=C(c1cc2c(s1)CCCC2)N1CCOC(CCl)C1.